The number of benzene rings is 2. The first-order valence-electron chi connectivity index (χ1n) is 11.6. The van der Waals surface area contributed by atoms with Crippen molar-refractivity contribution in [2.45, 2.75) is 18.9 Å². The number of nitrogen functional groups attached to an aromatic ring is 1. The van der Waals surface area contributed by atoms with Gasteiger partial charge in [0.15, 0.2) is 0 Å². The number of hydrogen-bond donors (Lipinski definition) is 2. The fourth-order valence-electron chi connectivity index (χ4n) is 4.58. The van der Waals surface area contributed by atoms with Gasteiger partial charge in [-0.1, -0.05) is 36.9 Å². The smallest absolute Gasteiger partial charge is 0.255 e. The van der Waals surface area contributed by atoms with E-state index in [4.69, 9.17) is 10.8 Å². The summed E-state index contributed by atoms with van der Waals surface area (Å²) in [6, 6.07) is 18.5. The first-order chi connectivity index (χ1) is 17.0. The minimum Gasteiger partial charge on any atom is -0.383 e. The van der Waals surface area contributed by atoms with E-state index < -0.39 is 0 Å². The first kappa shape index (κ1) is 22.3. The molecule has 1 fully saturated rings. The van der Waals surface area contributed by atoms with Crippen LogP contribution in [0.2, 0.25) is 0 Å². The number of nitrogens with two attached hydrogens (primary N) is 1. The van der Waals surface area contributed by atoms with Crippen LogP contribution >= 0.6 is 0 Å². The number of nitrogens with one attached hydrogen (secondary N) is 1. The van der Waals surface area contributed by atoms with Crippen molar-refractivity contribution in [1.82, 2.24) is 19.7 Å². The predicted molar refractivity (Wildman–Crippen MR) is 137 cm³/mol. The summed E-state index contributed by atoms with van der Waals surface area (Å²) in [6.07, 6.45) is 4.81. The lowest BCUT2D eigenvalue weighted by Crippen LogP contribution is -2.40. The number of rotatable bonds is 5. The Morgan fingerprint density at radius 2 is 1.86 bits per heavy atom. The Morgan fingerprint density at radius 3 is 2.60 bits per heavy atom. The number of nitrogens with zero attached hydrogens (tertiary/aromatic N) is 4. The molecule has 0 aliphatic carbocycles. The zero-order valence-corrected chi connectivity index (χ0v) is 19.2. The van der Waals surface area contributed by atoms with Crippen molar-refractivity contribution in [2.75, 3.05) is 24.1 Å². The summed E-state index contributed by atoms with van der Waals surface area (Å²) in [4.78, 5) is 30.9. The normalized spacial score (nSPS) is 15.7. The zero-order valence-electron chi connectivity index (χ0n) is 19.2. The van der Waals surface area contributed by atoms with Gasteiger partial charge in [0.25, 0.3) is 5.91 Å². The van der Waals surface area contributed by atoms with Crippen molar-refractivity contribution in [1.29, 1.82) is 0 Å². The summed E-state index contributed by atoms with van der Waals surface area (Å²) in [5.74, 6) is 0.134. The van der Waals surface area contributed by atoms with Crippen molar-refractivity contribution in [3.05, 3.63) is 85.1 Å². The number of para-hydroxylation sites is 1. The van der Waals surface area contributed by atoms with Gasteiger partial charge in [-0.3, -0.25) is 14.3 Å². The van der Waals surface area contributed by atoms with Crippen LogP contribution in [0.25, 0.3) is 22.2 Å². The number of pyridine rings is 1. The predicted octanol–water partition coefficient (Wildman–Crippen LogP) is 4.28. The number of amides is 2. The third kappa shape index (κ3) is 4.38. The quantitative estimate of drug-likeness (QED) is 0.427. The van der Waals surface area contributed by atoms with Gasteiger partial charge < -0.3 is 16.0 Å². The molecule has 1 saturated heterocycles. The molecule has 2 aromatic heterocycles. The summed E-state index contributed by atoms with van der Waals surface area (Å²) < 4.78 is 1.96. The second-order valence-corrected chi connectivity index (χ2v) is 8.57. The van der Waals surface area contributed by atoms with Crippen LogP contribution in [0.15, 0.2) is 79.5 Å². The molecule has 35 heavy (non-hydrogen) atoms. The van der Waals surface area contributed by atoms with Gasteiger partial charge in [0.05, 0.1) is 16.9 Å². The molecule has 4 aromatic rings. The van der Waals surface area contributed by atoms with Crippen LogP contribution in [0, 0.1) is 0 Å². The van der Waals surface area contributed by atoms with Crippen molar-refractivity contribution < 1.29 is 9.59 Å². The molecule has 176 valence electrons. The van der Waals surface area contributed by atoms with E-state index in [2.05, 4.69) is 16.9 Å². The summed E-state index contributed by atoms with van der Waals surface area (Å²) >= 11 is 0. The van der Waals surface area contributed by atoms with Gasteiger partial charge in [-0.2, -0.15) is 5.10 Å². The average Bonchev–Trinajstić information content (AvgIpc) is 3.30. The second kappa shape index (κ2) is 9.42. The lowest BCUT2D eigenvalue weighted by atomic mass is 10.0. The van der Waals surface area contributed by atoms with Gasteiger partial charge in [0.2, 0.25) is 5.91 Å². The van der Waals surface area contributed by atoms with Crippen molar-refractivity contribution in [3.63, 3.8) is 0 Å². The van der Waals surface area contributed by atoms with E-state index in [0.29, 0.717) is 30.2 Å². The Morgan fingerprint density at radius 1 is 1.09 bits per heavy atom. The molecule has 8 heteroatoms. The number of likely N-dealkylation sites (tertiary alicyclic amines) is 1. The SMILES string of the molecule is C=CC(=O)N1CCCC(n2nc(-c3ccc(C(=O)Nc4ccccc4)cc3)c3c(N)nccc32)C1. The Balaban J connectivity index is 1.47. The number of fused-ring (bicyclic) bond motifs is 1. The van der Waals surface area contributed by atoms with Gasteiger partial charge in [-0.25, -0.2) is 4.98 Å². The molecular formula is C27H26N6O2. The molecule has 2 amide bonds. The molecular weight excluding hydrogens is 440 g/mol. The van der Waals surface area contributed by atoms with Crippen molar-refractivity contribution in [3.8, 4) is 11.3 Å². The third-order valence-corrected chi connectivity index (χ3v) is 6.33. The fraction of sp³-hybridized carbons (Fsp3) is 0.185. The Hall–Kier alpha value is -4.46. The lowest BCUT2D eigenvalue weighted by molar-refractivity contribution is -0.127. The van der Waals surface area contributed by atoms with Crippen LogP contribution in [0.3, 0.4) is 0 Å². The molecule has 1 unspecified atom stereocenters. The van der Waals surface area contributed by atoms with E-state index in [9.17, 15) is 9.59 Å². The van der Waals surface area contributed by atoms with E-state index in [1.165, 1.54) is 6.08 Å². The van der Waals surface area contributed by atoms with Gasteiger partial charge in [-0.05, 0) is 49.2 Å². The van der Waals surface area contributed by atoms with E-state index in [1.54, 1.807) is 23.2 Å². The maximum absolute atomic E-state index is 12.6. The third-order valence-electron chi connectivity index (χ3n) is 6.33. The molecule has 3 heterocycles. The number of aromatic nitrogens is 3. The standard InChI is InChI=1S/C27H26N6O2/c1-2-23(34)32-16-6-9-21(17-32)33-22-14-15-29-26(28)24(22)25(31-33)18-10-12-19(13-11-18)27(35)30-20-7-4-3-5-8-20/h2-5,7-8,10-15,21H,1,6,9,16-17H2,(H2,28,29)(H,30,35). The van der Waals surface area contributed by atoms with Crippen LogP contribution in [0.1, 0.15) is 29.2 Å². The van der Waals surface area contributed by atoms with E-state index in [1.807, 2.05) is 53.2 Å². The Kier molecular flexibility index (Phi) is 6.01. The highest BCUT2D eigenvalue weighted by atomic mass is 16.2. The molecule has 1 aliphatic heterocycles. The molecule has 1 aliphatic rings. The van der Waals surface area contributed by atoms with E-state index in [-0.39, 0.29) is 17.9 Å². The van der Waals surface area contributed by atoms with Crippen molar-refractivity contribution >= 4 is 34.2 Å². The highest BCUT2D eigenvalue weighted by molar-refractivity contribution is 6.05. The Bertz CT molecular complexity index is 1390. The van der Waals surface area contributed by atoms with Gasteiger partial charge in [-0.15, -0.1) is 0 Å². The molecule has 0 radical (unpaired) electrons. The number of hydrogen-bond acceptors (Lipinski definition) is 5. The summed E-state index contributed by atoms with van der Waals surface area (Å²) in [6.45, 7) is 4.88. The molecule has 2 aromatic carbocycles. The van der Waals surface area contributed by atoms with E-state index >= 15 is 0 Å². The van der Waals surface area contributed by atoms with Crippen LogP contribution in [-0.2, 0) is 4.79 Å². The summed E-state index contributed by atoms with van der Waals surface area (Å²) in [7, 11) is 0. The lowest BCUT2D eigenvalue weighted by Gasteiger charge is -2.32. The maximum atomic E-state index is 12.6. The topological polar surface area (TPSA) is 106 Å². The number of carbonyl (C=O) groups is 2. The molecule has 0 bridgehead atoms. The Labute approximate surface area is 203 Å². The second-order valence-electron chi connectivity index (χ2n) is 8.57. The van der Waals surface area contributed by atoms with Crippen LogP contribution in [0.5, 0.6) is 0 Å². The largest absolute Gasteiger partial charge is 0.383 e. The van der Waals surface area contributed by atoms with Crippen LogP contribution < -0.4 is 11.1 Å². The molecule has 8 nitrogen and oxygen atoms in total. The molecule has 1 atom stereocenters. The molecule has 0 spiro atoms. The highest BCUT2D eigenvalue weighted by Gasteiger charge is 2.27. The van der Waals surface area contributed by atoms with E-state index in [0.717, 1.165) is 35.0 Å². The minimum atomic E-state index is -0.187. The zero-order chi connectivity index (χ0) is 24.4. The van der Waals surface area contributed by atoms with Crippen molar-refractivity contribution in [2.24, 2.45) is 0 Å². The highest BCUT2D eigenvalue weighted by Crippen LogP contribution is 2.34. The van der Waals surface area contributed by atoms with Gasteiger partial charge in [0.1, 0.15) is 11.5 Å². The molecule has 5 rings (SSSR count). The fourth-order valence-corrected chi connectivity index (χ4v) is 4.58. The van der Waals surface area contributed by atoms with Crippen LogP contribution in [-0.4, -0.2) is 44.6 Å². The average molecular weight is 467 g/mol. The van der Waals surface area contributed by atoms with Gasteiger partial charge in [0, 0.05) is 36.1 Å². The first-order valence-corrected chi connectivity index (χ1v) is 11.6. The van der Waals surface area contributed by atoms with Crippen LogP contribution in [0.4, 0.5) is 11.5 Å². The number of anilines is 2. The summed E-state index contributed by atoms with van der Waals surface area (Å²) in [5, 5.41) is 8.60. The number of carbonyl (C=O) groups excluding carboxylic acids is 2. The summed E-state index contributed by atoms with van der Waals surface area (Å²) in [5.41, 5.74) is 9.98. The maximum Gasteiger partial charge on any atom is 0.255 e. The number of piperidine rings is 1. The molecule has 0 saturated carbocycles. The van der Waals surface area contributed by atoms with Gasteiger partial charge >= 0.3 is 0 Å². The monoisotopic (exact) mass is 466 g/mol. The molecule has 3 N–H and O–H groups in total. The minimum absolute atomic E-state index is 0.0154.